The molecule has 1 aliphatic carbocycles. The zero-order valence-corrected chi connectivity index (χ0v) is 20.7. The minimum Gasteiger partial charge on any atom is -0.462 e. The molecule has 4 rings (SSSR count). The third-order valence-electron chi connectivity index (χ3n) is 5.71. The van der Waals surface area contributed by atoms with E-state index in [2.05, 4.69) is 34.6 Å². The molecule has 2 aromatic heterocycles. The van der Waals surface area contributed by atoms with Crippen molar-refractivity contribution in [3.05, 3.63) is 57.7 Å². The first-order chi connectivity index (χ1) is 16.0. The van der Waals surface area contributed by atoms with Gasteiger partial charge >= 0.3 is 5.97 Å². The van der Waals surface area contributed by atoms with Gasteiger partial charge in [0.15, 0.2) is 5.16 Å². The summed E-state index contributed by atoms with van der Waals surface area (Å²) in [5.41, 5.74) is 2.73. The van der Waals surface area contributed by atoms with Gasteiger partial charge in [-0.15, -0.1) is 21.5 Å². The predicted molar refractivity (Wildman–Crippen MR) is 131 cm³/mol. The lowest BCUT2D eigenvalue weighted by atomic mass is 9.88. The summed E-state index contributed by atoms with van der Waals surface area (Å²) in [6, 6.07) is 10.1. The Hall–Kier alpha value is -2.65. The van der Waals surface area contributed by atoms with E-state index in [0.29, 0.717) is 34.7 Å². The second-order valence-corrected chi connectivity index (χ2v) is 10.3. The van der Waals surface area contributed by atoms with Crippen LogP contribution in [0.1, 0.15) is 52.5 Å². The molecule has 0 aliphatic heterocycles. The van der Waals surface area contributed by atoms with Crippen LogP contribution in [0.15, 0.2) is 35.5 Å². The number of thioether (sulfide) groups is 1. The number of carbonyl (C=O) groups is 2. The Morgan fingerprint density at radius 1 is 1.27 bits per heavy atom. The van der Waals surface area contributed by atoms with Gasteiger partial charge in [0.05, 0.1) is 17.9 Å². The van der Waals surface area contributed by atoms with E-state index in [1.54, 1.807) is 6.92 Å². The Kier molecular flexibility index (Phi) is 7.49. The number of esters is 1. The van der Waals surface area contributed by atoms with Gasteiger partial charge in [-0.2, -0.15) is 0 Å². The summed E-state index contributed by atoms with van der Waals surface area (Å²) < 4.78 is 7.20. The normalized spacial score (nSPS) is 15.2. The van der Waals surface area contributed by atoms with Crippen molar-refractivity contribution in [3.8, 4) is 0 Å². The third-order valence-corrected chi connectivity index (χ3v) is 7.90. The molecule has 1 amide bonds. The molecule has 0 bridgehead atoms. The van der Waals surface area contributed by atoms with Gasteiger partial charge in [0.1, 0.15) is 10.8 Å². The monoisotopic (exact) mass is 484 g/mol. The van der Waals surface area contributed by atoms with E-state index in [0.717, 1.165) is 36.2 Å². The Labute approximate surface area is 201 Å². The number of fused-ring (bicyclic) bond motifs is 1. The third kappa shape index (κ3) is 5.47. The van der Waals surface area contributed by atoms with Gasteiger partial charge in [0.2, 0.25) is 5.91 Å². The van der Waals surface area contributed by atoms with Crippen LogP contribution < -0.4 is 5.32 Å². The number of aromatic nitrogens is 3. The molecule has 7 nitrogen and oxygen atoms in total. The van der Waals surface area contributed by atoms with Gasteiger partial charge < -0.3 is 14.6 Å². The molecule has 2 heterocycles. The number of nitrogens with one attached hydrogen (secondary N) is 1. The first-order valence-electron chi connectivity index (χ1n) is 11.1. The zero-order chi connectivity index (χ0) is 23.4. The van der Waals surface area contributed by atoms with Gasteiger partial charge in [-0.25, -0.2) is 4.79 Å². The van der Waals surface area contributed by atoms with Crippen LogP contribution >= 0.6 is 23.1 Å². The minimum atomic E-state index is -0.355. The molecular weight excluding hydrogens is 456 g/mol. The summed E-state index contributed by atoms with van der Waals surface area (Å²) in [6.07, 6.45) is 3.49. The Balaban J connectivity index is 1.43. The van der Waals surface area contributed by atoms with E-state index in [-0.39, 0.29) is 17.6 Å². The van der Waals surface area contributed by atoms with Crippen LogP contribution in [0.2, 0.25) is 0 Å². The van der Waals surface area contributed by atoms with Crippen molar-refractivity contribution < 1.29 is 14.3 Å². The highest BCUT2D eigenvalue weighted by atomic mass is 32.2. The molecule has 0 radical (unpaired) electrons. The Bertz CT molecular complexity index is 1140. The summed E-state index contributed by atoms with van der Waals surface area (Å²) in [7, 11) is 1.91. The first-order valence-corrected chi connectivity index (χ1v) is 12.9. The molecule has 1 aromatic carbocycles. The molecule has 9 heteroatoms. The van der Waals surface area contributed by atoms with E-state index in [1.165, 1.54) is 28.0 Å². The highest BCUT2D eigenvalue weighted by Crippen LogP contribution is 2.40. The number of hydrogen-bond acceptors (Lipinski definition) is 7. The number of benzene rings is 1. The topological polar surface area (TPSA) is 86.1 Å². The van der Waals surface area contributed by atoms with Crippen molar-refractivity contribution in [2.45, 2.75) is 44.7 Å². The average molecular weight is 485 g/mol. The molecule has 1 N–H and O–H groups in total. The maximum Gasteiger partial charge on any atom is 0.341 e. The Morgan fingerprint density at radius 2 is 2.06 bits per heavy atom. The summed E-state index contributed by atoms with van der Waals surface area (Å²) in [5, 5.41) is 12.8. The minimum absolute atomic E-state index is 0.176. The number of hydrogen-bond donors (Lipinski definition) is 1. The molecule has 1 unspecified atom stereocenters. The number of nitrogens with zero attached hydrogens (tertiary/aromatic N) is 3. The lowest BCUT2D eigenvalue weighted by molar-refractivity contribution is -0.113. The maximum absolute atomic E-state index is 12.8. The van der Waals surface area contributed by atoms with Crippen LogP contribution in [-0.2, 0) is 35.8 Å². The second-order valence-electron chi connectivity index (χ2n) is 8.23. The van der Waals surface area contributed by atoms with Crippen molar-refractivity contribution in [1.29, 1.82) is 0 Å². The second kappa shape index (κ2) is 10.5. The molecule has 33 heavy (non-hydrogen) atoms. The van der Waals surface area contributed by atoms with Gasteiger partial charge in [-0.3, -0.25) is 4.79 Å². The molecule has 174 valence electrons. The van der Waals surface area contributed by atoms with Crippen LogP contribution in [0.5, 0.6) is 0 Å². The van der Waals surface area contributed by atoms with Gasteiger partial charge in [-0.1, -0.05) is 49.0 Å². The molecule has 0 spiro atoms. The van der Waals surface area contributed by atoms with Crippen molar-refractivity contribution in [3.63, 3.8) is 0 Å². The fourth-order valence-electron chi connectivity index (χ4n) is 3.95. The molecule has 1 atom stereocenters. The van der Waals surface area contributed by atoms with Crippen molar-refractivity contribution in [1.82, 2.24) is 14.8 Å². The number of anilines is 1. The SMILES string of the molecule is CCOC(=O)c1c(NC(=O)CSc2nnc(Cc3ccccc3)n2C)sc2c1CCC(C)C2. The highest BCUT2D eigenvalue weighted by molar-refractivity contribution is 7.99. The highest BCUT2D eigenvalue weighted by Gasteiger charge is 2.29. The molecule has 1 aliphatic rings. The fourth-order valence-corrected chi connectivity index (χ4v) is 6.10. The maximum atomic E-state index is 12.8. The molecular formula is C24H28N4O3S2. The summed E-state index contributed by atoms with van der Waals surface area (Å²) in [5.74, 6) is 1.06. The summed E-state index contributed by atoms with van der Waals surface area (Å²) in [4.78, 5) is 26.6. The van der Waals surface area contributed by atoms with Crippen molar-refractivity contribution >= 4 is 40.0 Å². The van der Waals surface area contributed by atoms with Crippen LogP contribution in [0.3, 0.4) is 0 Å². The quantitative estimate of drug-likeness (QED) is 0.374. The number of thiophene rings is 1. The van der Waals surface area contributed by atoms with Crippen LogP contribution in [0, 0.1) is 5.92 Å². The van der Waals surface area contributed by atoms with Gasteiger partial charge in [-0.05, 0) is 43.2 Å². The van der Waals surface area contributed by atoms with E-state index in [4.69, 9.17) is 4.74 Å². The number of ether oxygens (including phenoxy) is 1. The van der Waals surface area contributed by atoms with Crippen LogP contribution in [0.25, 0.3) is 0 Å². The van der Waals surface area contributed by atoms with E-state index in [9.17, 15) is 9.59 Å². The van der Waals surface area contributed by atoms with E-state index < -0.39 is 0 Å². The van der Waals surface area contributed by atoms with Crippen LogP contribution in [-0.4, -0.2) is 39.0 Å². The predicted octanol–water partition coefficient (Wildman–Crippen LogP) is 4.50. The smallest absolute Gasteiger partial charge is 0.341 e. The number of amides is 1. The first kappa shape index (κ1) is 23.5. The summed E-state index contributed by atoms with van der Waals surface area (Å²) >= 11 is 2.83. The molecule has 0 saturated carbocycles. The van der Waals surface area contributed by atoms with Gasteiger partial charge in [0.25, 0.3) is 0 Å². The number of rotatable bonds is 8. The van der Waals surface area contributed by atoms with Crippen molar-refractivity contribution in [2.24, 2.45) is 13.0 Å². The largest absolute Gasteiger partial charge is 0.462 e. The lowest BCUT2D eigenvalue weighted by Gasteiger charge is -2.18. The average Bonchev–Trinajstić information content (AvgIpc) is 3.32. The Morgan fingerprint density at radius 3 is 2.82 bits per heavy atom. The number of carbonyl (C=O) groups excluding carboxylic acids is 2. The molecule has 3 aromatic rings. The van der Waals surface area contributed by atoms with Crippen LogP contribution in [0.4, 0.5) is 5.00 Å². The van der Waals surface area contributed by atoms with Crippen molar-refractivity contribution in [2.75, 3.05) is 17.7 Å². The zero-order valence-electron chi connectivity index (χ0n) is 19.1. The van der Waals surface area contributed by atoms with E-state index >= 15 is 0 Å². The van der Waals surface area contributed by atoms with Gasteiger partial charge in [0, 0.05) is 18.3 Å². The molecule has 0 saturated heterocycles. The lowest BCUT2D eigenvalue weighted by Crippen LogP contribution is -2.18. The summed E-state index contributed by atoms with van der Waals surface area (Å²) in [6.45, 7) is 4.32. The fraction of sp³-hybridized carbons (Fsp3) is 0.417. The van der Waals surface area contributed by atoms with E-state index in [1.807, 2.05) is 29.8 Å². The standard InChI is InChI=1S/C24H28N4O3S2/c1-4-31-23(30)21-17-11-10-15(2)12-18(17)33-22(21)25-20(29)14-32-24-27-26-19(28(24)3)13-16-8-6-5-7-9-16/h5-9,15H,4,10-14H2,1-3H3,(H,25,29). The molecule has 0 fully saturated rings.